The number of nitrogens with one attached hydrogen (secondary N) is 1. The Hall–Kier alpha value is -1.61. The monoisotopic (exact) mass is 283 g/mol. The van der Waals surface area contributed by atoms with Gasteiger partial charge >= 0.3 is 0 Å². The largest absolute Gasteiger partial charge is 0.456 e. The lowest BCUT2D eigenvalue weighted by molar-refractivity contribution is 0.664. The van der Waals surface area contributed by atoms with Crippen LogP contribution >= 0.6 is 11.8 Å². The average Bonchev–Trinajstić information content (AvgIpc) is 2.86. The lowest BCUT2D eigenvalue weighted by atomic mass is 10.1. The summed E-state index contributed by atoms with van der Waals surface area (Å²) in [6.07, 6.45) is 2.52. The first-order valence-corrected chi connectivity index (χ1v) is 8.31. The Morgan fingerprint density at radius 3 is 2.65 bits per heavy atom. The van der Waals surface area contributed by atoms with E-state index in [1.807, 2.05) is 12.1 Å². The molecule has 0 atom stereocenters. The number of hydrogen-bond donors (Lipinski definition) is 1. The van der Waals surface area contributed by atoms with E-state index in [0.717, 1.165) is 11.2 Å². The minimum absolute atomic E-state index is 0.617. The van der Waals surface area contributed by atoms with E-state index in [9.17, 15) is 0 Å². The fourth-order valence-electron chi connectivity index (χ4n) is 2.89. The molecule has 3 heteroatoms. The maximum Gasteiger partial charge on any atom is 0.135 e. The smallest absolute Gasteiger partial charge is 0.135 e. The van der Waals surface area contributed by atoms with Gasteiger partial charge in [0.15, 0.2) is 0 Å². The molecule has 0 unspecified atom stereocenters. The van der Waals surface area contributed by atoms with Gasteiger partial charge in [0.05, 0.1) is 0 Å². The van der Waals surface area contributed by atoms with Crippen LogP contribution in [0.4, 0.5) is 5.69 Å². The summed E-state index contributed by atoms with van der Waals surface area (Å²) < 4.78 is 5.87. The molecule has 3 aromatic rings. The molecule has 2 aromatic carbocycles. The second kappa shape index (κ2) is 5.06. The van der Waals surface area contributed by atoms with Crippen LogP contribution in [-0.2, 0) is 0 Å². The van der Waals surface area contributed by atoms with Crippen molar-refractivity contribution in [2.45, 2.75) is 18.9 Å². The highest BCUT2D eigenvalue weighted by molar-refractivity contribution is 7.99. The Bertz CT molecular complexity index is 743. The number of anilines is 1. The summed E-state index contributed by atoms with van der Waals surface area (Å²) >= 11 is 2.06. The molecule has 0 bridgehead atoms. The zero-order valence-electron chi connectivity index (χ0n) is 11.3. The maximum atomic E-state index is 5.87. The number of thioether (sulfide) groups is 1. The Kier molecular flexibility index (Phi) is 3.07. The molecule has 1 aromatic heterocycles. The number of rotatable bonds is 2. The van der Waals surface area contributed by atoms with Crippen molar-refractivity contribution in [3.63, 3.8) is 0 Å². The average molecular weight is 283 g/mol. The van der Waals surface area contributed by atoms with Crippen LogP contribution in [-0.4, -0.2) is 17.5 Å². The van der Waals surface area contributed by atoms with Gasteiger partial charge in [-0.1, -0.05) is 18.2 Å². The molecule has 0 saturated carbocycles. The van der Waals surface area contributed by atoms with Crippen molar-refractivity contribution in [1.82, 2.24) is 0 Å². The summed E-state index contributed by atoms with van der Waals surface area (Å²) in [5, 5.41) is 6.08. The van der Waals surface area contributed by atoms with Gasteiger partial charge in [-0.3, -0.25) is 0 Å². The van der Waals surface area contributed by atoms with Gasteiger partial charge in [-0.2, -0.15) is 11.8 Å². The van der Waals surface area contributed by atoms with Crippen LogP contribution in [0.2, 0.25) is 0 Å². The SMILES string of the molecule is c1ccc2c(c1)oc1ccc(NC3CCSCC3)cc12. The second-order valence-electron chi connectivity index (χ2n) is 5.34. The van der Waals surface area contributed by atoms with E-state index in [2.05, 4.69) is 47.4 Å². The normalized spacial score (nSPS) is 16.8. The van der Waals surface area contributed by atoms with Gasteiger partial charge in [0.1, 0.15) is 11.2 Å². The van der Waals surface area contributed by atoms with Gasteiger partial charge in [0, 0.05) is 22.5 Å². The minimum Gasteiger partial charge on any atom is -0.456 e. The predicted octanol–water partition coefficient (Wildman–Crippen LogP) is 4.89. The molecule has 2 heterocycles. The fourth-order valence-corrected chi connectivity index (χ4v) is 4.00. The number of para-hydroxylation sites is 1. The first-order valence-electron chi connectivity index (χ1n) is 7.16. The highest BCUT2D eigenvalue weighted by atomic mass is 32.2. The van der Waals surface area contributed by atoms with E-state index in [1.54, 1.807) is 0 Å². The highest BCUT2D eigenvalue weighted by Gasteiger charge is 2.14. The van der Waals surface area contributed by atoms with Crippen molar-refractivity contribution in [3.05, 3.63) is 42.5 Å². The summed E-state index contributed by atoms with van der Waals surface area (Å²) in [5.41, 5.74) is 3.14. The molecular weight excluding hydrogens is 266 g/mol. The second-order valence-corrected chi connectivity index (χ2v) is 6.56. The minimum atomic E-state index is 0.617. The molecule has 2 nitrogen and oxygen atoms in total. The van der Waals surface area contributed by atoms with Crippen molar-refractivity contribution in [2.75, 3.05) is 16.8 Å². The number of hydrogen-bond acceptors (Lipinski definition) is 3. The molecule has 1 aliphatic rings. The molecule has 4 rings (SSSR count). The topological polar surface area (TPSA) is 25.2 Å². The van der Waals surface area contributed by atoms with Crippen molar-refractivity contribution in [3.8, 4) is 0 Å². The lowest BCUT2D eigenvalue weighted by Gasteiger charge is -2.23. The van der Waals surface area contributed by atoms with Crippen LogP contribution in [0.15, 0.2) is 46.9 Å². The zero-order valence-corrected chi connectivity index (χ0v) is 12.1. The third-order valence-electron chi connectivity index (χ3n) is 3.97. The number of benzene rings is 2. The zero-order chi connectivity index (χ0) is 13.4. The van der Waals surface area contributed by atoms with Crippen LogP contribution in [0, 0.1) is 0 Å². The van der Waals surface area contributed by atoms with E-state index in [1.165, 1.54) is 40.8 Å². The summed E-state index contributed by atoms with van der Waals surface area (Å²) in [6.45, 7) is 0. The third kappa shape index (κ3) is 2.16. The van der Waals surface area contributed by atoms with Crippen molar-refractivity contribution in [1.29, 1.82) is 0 Å². The Morgan fingerprint density at radius 2 is 1.75 bits per heavy atom. The summed E-state index contributed by atoms with van der Waals surface area (Å²) in [5.74, 6) is 2.54. The van der Waals surface area contributed by atoms with E-state index in [4.69, 9.17) is 4.42 Å². The Balaban J connectivity index is 1.71. The van der Waals surface area contributed by atoms with Gasteiger partial charge in [-0.05, 0) is 48.6 Å². The van der Waals surface area contributed by atoms with Crippen LogP contribution in [0.5, 0.6) is 0 Å². The first kappa shape index (κ1) is 12.2. The van der Waals surface area contributed by atoms with Gasteiger partial charge in [-0.15, -0.1) is 0 Å². The van der Waals surface area contributed by atoms with Gasteiger partial charge in [-0.25, -0.2) is 0 Å². The quantitative estimate of drug-likeness (QED) is 0.724. The maximum absolute atomic E-state index is 5.87. The molecule has 0 radical (unpaired) electrons. The molecular formula is C17H17NOS. The van der Waals surface area contributed by atoms with E-state index in [0.29, 0.717) is 6.04 Å². The molecule has 20 heavy (non-hydrogen) atoms. The number of fused-ring (bicyclic) bond motifs is 3. The van der Waals surface area contributed by atoms with Crippen molar-refractivity contribution in [2.24, 2.45) is 0 Å². The summed E-state index contributed by atoms with van der Waals surface area (Å²) in [6, 6.07) is 15.3. The van der Waals surface area contributed by atoms with Crippen LogP contribution in [0.25, 0.3) is 21.9 Å². The Morgan fingerprint density at radius 1 is 0.950 bits per heavy atom. The molecule has 1 aliphatic heterocycles. The highest BCUT2D eigenvalue weighted by Crippen LogP contribution is 2.31. The number of furan rings is 1. The summed E-state index contributed by atoms with van der Waals surface area (Å²) in [7, 11) is 0. The molecule has 0 amide bonds. The fraction of sp³-hybridized carbons (Fsp3) is 0.294. The van der Waals surface area contributed by atoms with E-state index < -0.39 is 0 Å². The summed E-state index contributed by atoms with van der Waals surface area (Å²) in [4.78, 5) is 0. The van der Waals surface area contributed by atoms with Crippen LogP contribution in [0.3, 0.4) is 0 Å². The van der Waals surface area contributed by atoms with Gasteiger partial charge in [0.2, 0.25) is 0 Å². The molecule has 1 saturated heterocycles. The van der Waals surface area contributed by atoms with E-state index >= 15 is 0 Å². The van der Waals surface area contributed by atoms with E-state index in [-0.39, 0.29) is 0 Å². The molecule has 0 spiro atoms. The standard InChI is InChI=1S/C17H17NOS/c1-2-4-16-14(3-1)15-11-13(5-6-17(15)19-16)18-12-7-9-20-10-8-12/h1-6,11-12,18H,7-10H2. The third-order valence-corrected chi connectivity index (χ3v) is 5.02. The predicted molar refractivity (Wildman–Crippen MR) is 87.7 cm³/mol. The van der Waals surface area contributed by atoms with Crippen molar-refractivity contribution >= 4 is 39.4 Å². The van der Waals surface area contributed by atoms with Crippen LogP contribution in [0.1, 0.15) is 12.8 Å². The Labute approximate surface area is 122 Å². The molecule has 102 valence electrons. The lowest BCUT2D eigenvalue weighted by Crippen LogP contribution is -2.24. The van der Waals surface area contributed by atoms with Crippen LogP contribution < -0.4 is 5.32 Å². The molecule has 1 N–H and O–H groups in total. The van der Waals surface area contributed by atoms with Crippen molar-refractivity contribution < 1.29 is 4.42 Å². The molecule has 1 fully saturated rings. The first-order chi connectivity index (χ1) is 9.90. The van der Waals surface area contributed by atoms with Gasteiger partial charge < -0.3 is 9.73 Å². The molecule has 0 aliphatic carbocycles. The van der Waals surface area contributed by atoms with Gasteiger partial charge in [0.25, 0.3) is 0 Å².